The first-order valence-electron chi connectivity index (χ1n) is 11.5. The van der Waals surface area contributed by atoms with Gasteiger partial charge in [-0.25, -0.2) is 0 Å². The zero-order chi connectivity index (χ0) is 22.7. The summed E-state index contributed by atoms with van der Waals surface area (Å²) >= 11 is 0. The van der Waals surface area contributed by atoms with Crippen molar-refractivity contribution in [1.29, 1.82) is 0 Å². The molecular weight excluding hydrogens is 408 g/mol. The van der Waals surface area contributed by atoms with Crippen LogP contribution in [0.4, 0.5) is 0 Å². The van der Waals surface area contributed by atoms with Gasteiger partial charge < -0.3 is 19.1 Å². The van der Waals surface area contributed by atoms with Crippen molar-refractivity contribution < 1.29 is 18.8 Å². The Morgan fingerprint density at radius 2 is 2.06 bits per heavy atom. The number of piperidine rings is 1. The van der Waals surface area contributed by atoms with Crippen LogP contribution in [0.1, 0.15) is 68.3 Å². The summed E-state index contributed by atoms with van der Waals surface area (Å²) in [6.45, 7) is 5.82. The van der Waals surface area contributed by atoms with Crippen molar-refractivity contribution in [2.24, 2.45) is 5.92 Å². The standard InChI is InChI=1S/C24H32N4O4/c1-4-5-13-28-21(29)14-20(22(28)17-8-10-19(31-3)11-9-17)24(30)27-12-6-7-18(15-27)23-25-16(2)26-32-23/h8-11,18,20,22H,4-7,12-15H2,1-3H3. The van der Waals surface area contributed by atoms with Gasteiger partial charge in [-0.2, -0.15) is 4.98 Å². The Hall–Kier alpha value is -2.90. The third kappa shape index (κ3) is 4.49. The van der Waals surface area contributed by atoms with Gasteiger partial charge in [-0.05, 0) is 43.9 Å². The molecule has 2 amide bonds. The first kappa shape index (κ1) is 22.3. The molecule has 0 spiro atoms. The monoisotopic (exact) mass is 440 g/mol. The first-order chi connectivity index (χ1) is 15.5. The second-order valence-corrected chi connectivity index (χ2v) is 8.77. The van der Waals surface area contributed by atoms with Gasteiger partial charge in [0.1, 0.15) is 5.75 Å². The van der Waals surface area contributed by atoms with Crippen molar-refractivity contribution in [3.8, 4) is 5.75 Å². The van der Waals surface area contributed by atoms with Crippen LogP contribution >= 0.6 is 0 Å². The van der Waals surface area contributed by atoms with E-state index < -0.39 is 5.92 Å². The van der Waals surface area contributed by atoms with Crippen molar-refractivity contribution in [1.82, 2.24) is 19.9 Å². The molecule has 0 saturated carbocycles. The second-order valence-electron chi connectivity index (χ2n) is 8.77. The lowest BCUT2D eigenvalue weighted by atomic mass is 9.90. The van der Waals surface area contributed by atoms with E-state index in [-0.39, 0.29) is 30.2 Å². The zero-order valence-electron chi connectivity index (χ0n) is 19.1. The lowest BCUT2D eigenvalue weighted by Gasteiger charge is -2.35. The van der Waals surface area contributed by atoms with Crippen molar-refractivity contribution in [3.63, 3.8) is 0 Å². The molecule has 8 nitrogen and oxygen atoms in total. The number of methoxy groups -OCH3 is 1. The maximum absolute atomic E-state index is 13.7. The Morgan fingerprint density at radius 3 is 2.72 bits per heavy atom. The molecule has 2 aromatic rings. The highest BCUT2D eigenvalue weighted by molar-refractivity contribution is 5.90. The number of carbonyl (C=O) groups excluding carboxylic acids is 2. The number of amides is 2. The van der Waals surface area contributed by atoms with E-state index in [4.69, 9.17) is 9.26 Å². The summed E-state index contributed by atoms with van der Waals surface area (Å²) in [6.07, 6.45) is 3.96. The van der Waals surface area contributed by atoms with Crippen LogP contribution in [0, 0.1) is 12.8 Å². The third-order valence-corrected chi connectivity index (χ3v) is 6.58. The minimum absolute atomic E-state index is 0.0408. The normalized spacial score (nSPS) is 23.6. The lowest BCUT2D eigenvalue weighted by molar-refractivity contribution is -0.138. The maximum Gasteiger partial charge on any atom is 0.231 e. The van der Waals surface area contributed by atoms with Crippen molar-refractivity contribution in [2.75, 3.05) is 26.7 Å². The van der Waals surface area contributed by atoms with E-state index >= 15 is 0 Å². The highest BCUT2D eigenvalue weighted by Gasteiger charge is 2.46. The molecule has 1 aromatic heterocycles. The van der Waals surface area contributed by atoms with Crippen LogP contribution in [-0.2, 0) is 9.59 Å². The second kappa shape index (κ2) is 9.71. The van der Waals surface area contributed by atoms with Gasteiger partial charge in [-0.3, -0.25) is 9.59 Å². The zero-order valence-corrected chi connectivity index (χ0v) is 19.1. The van der Waals surface area contributed by atoms with Crippen LogP contribution in [-0.4, -0.2) is 58.5 Å². The van der Waals surface area contributed by atoms with E-state index in [9.17, 15) is 9.59 Å². The predicted octanol–water partition coefficient (Wildman–Crippen LogP) is 3.48. The van der Waals surface area contributed by atoms with Gasteiger partial charge >= 0.3 is 0 Å². The van der Waals surface area contributed by atoms with E-state index in [0.29, 0.717) is 31.3 Å². The smallest absolute Gasteiger partial charge is 0.231 e. The number of aromatic nitrogens is 2. The summed E-state index contributed by atoms with van der Waals surface area (Å²) in [5.74, 6) is 1.71. The molecule has 3 heterocycles. The summed E-state index contributed by atoms with van der Waals surface area (Å²) in [6, 6.07) is 7.49. The molecule has 2 saturated heterocycles. The van der Waals surface area contributed by atoms with Gasteiger partial charge in [-0.15, -0.1) is 0 Å². The summed E-state index contributed by atoms with van der Waals surface area (Å²) in [4.78, 5) is 34.8. The molecule has 3 atom stereocenters. The van der Waals surface area contributed by atoms with Gasteiger partial charge in [0.15, 0.2) is 5.82 Å². The molecule has 2 fully saturated rings. The number of aryl methyl sites for hydroxylation is 1. The van der Waals surface area contributed by atoms with Gasteiger partial charge in [0.2, 0.25) is 17.7 Å². The van der Waals surface area contributed by atoms with Crippen LogP contribution in [0.5, 0.6) is 5.75 Å². The highest BCUT2D eigenvalue weighted by atomic mass is 16.5. The van der Waals surface area contributed by atoms with Crippen molar-refractivity contribution >= 4 is 11.8 Å². The van der Waals surface area contributed by atoms with Crippen molar-refractivity contribution in [3.05, 3.63) is 41.5 Å². The van der Waals surface area contributed by atoms with Crippen LogP contribution in [0.15, 0.2) is 28.8 Å². The van der Waals surface area contributed by atoms with Gasteiger partial charge in [0.25, 0.3) is 0 Å². The number of hydrogen-bond donors (Lipinski definition) is 0. The first-order valence-corrected chi connectivity index (χ1v) is 11.5. The number of nitrogens with zero attached hydrogens (tertiary/aromatic N) is 4. The fraction of sp³-hybridized carbons (Fsp3) is 0.583. The number of ether oxygens (including phenoxy) is 1. The van der Waals surface area contributed by atoms with Gasteiger partial charge in [0, 0.05) is 26.1 Å². The molecule has 0 aliphatic carbocycles. The number of carbonyl (C=O) groups is 2. The van der Waals surface area contributed by atoms with Crippen LogP contribution in [0.3, 0.4) is 0 Å². The molecule has 0 N–H and O–H groups in total. The summed E-state index contributed by atoms with van der Waals surface area (Å²) in [5, 5.41) is 3.90. The van der Waals surface area contributed by atoms with E-state index in [1.54, 1.807) is 14.0 Å². The number of rotatable bonds is 7. The Morgan fingerprint density at radius 1 is 1.28 bits per heavy atom. The number of benzene rings is 1. The van der Waals surface area contributed by atoms with Crippen LogP contribution < -0.4 is 4.74 Å². The van der Waals surface area contributed by atoms with Crippen LogP contribution in [0.25, 0.3) is 0 Å². The fourth-order valence-corrected chi connectivity index (χ4v) is 4.91. The molecule has 0 bridgehead atoms. The average molecular weight is 441 g/mol. The van der Waals surface area contributed by atoms with E-state index in [1.165, 1.54) is 0 Å². The summed E-state index contributed by atoms with van der Waals surface area (Å²) in [5.41, 5.74) is 0.979. The minimum atomic E-state index is -0.393. The molecule has 2 aliphatic rings. The number of unbranched alkanes of at least 4 members (excludes halogenated alkanes) is 1. The van der Waals surface area contributed by atoms with Crippen molar-refractivity contribution in [2.45, 2.75) is 57.9 Å². The molecular formula is C24H32N4O4. The number of hydrogen-bond acceptors (Lipinski definition) is 6. The molecule has 172 valence electrons. The van der Waals surface area contributed by atoms with E-state index in [2.05, 4.69) is 17.1 Å². The largest absolute Gasteiger partial charge is 0.497 e. The van der Waals surface area contributed by atoms with E-state index in [0.717, 1.165) is 37.0 Å². The summed E-state index contributed by atoms with van der Waals surface area (Å²) in [7, 11) is 1.63. The maximum atomic E-state index is 13.7. The quantitative estimate of drug-likeness (QED) is 0.655. The molecule has 4 rings (SSSR count). The Kier molecular flexibility index (Phi) is 6.77. The molecule has 3 unspecified atom stereocenters. The topological polar surface area (TPSA) is 88.8 Å². The van der Waals surface area contributed by atoms with Crippen LogP contribution in [0.2, 0.25) is 0 Å². The molecule has 8 heteroatoms. The third-order valence-electron chi connectivity index (χ3n) is 6.58. The molecule has 2 aliphatic heterocycles. The predicted molar refractivity (Wildman–Crippen MR) is 118 cm³/mol. The Balaban J connectivity index is 1.57. The SMILES string of the molecule is CCCCN1C(=O)CC(C(=O)N2CCCC(c3nc(C)no3)C2)C1c1ccc(OC)cc1. The highest BCUT2D eigenvalue weighted by Crippen LogP contribution is 2.41. The fourth-order valence-electron chi connectivity index (χ4n) is 4.91. The lowest BCUT2D eigenvalue weighted by Crippen LogP contribution is -2.44. The van der Waals surface area contributed by atoms with Gasteiger partial charge in [-0.1, -0.05) is 30.6 Å². The summed E-state index contributed by atoms with van der Waals surface area (Å²) < 4.78 is 10.7. The average Bonchev–Trinajstić information content (AvgIpc) is 3.40. The molecule has 32 heavy (non-hydrogen) atoms. The minimum Gasteiger partial charge on any atom is -0.497 e. The molecule has 1 aromatic carbocycles. The molecule has 0 radical (unpaired) electrons. The van der Waals surface area contributed by atoms with E-state index in [1.807, 2.05) is 34.1 Å². The number of likely N-dealkylation sites (tertiary alicyclic amines) is 2. The Labute approximate surface area is 188 Å². The van der Waals surface area contributed by atoms with Gasteiger partial charge in [0.05, 0.1) is 25.0 Å². The Bertz CT molecular complexity index is 942.